The number of aromatic nitrogens is 1. The summed E-state index contributed by atoms with van der Waals surface area (Å²) < 4.78 is 4.68. The summed E-state index contributed by atoms with van der Waals surface area (Å²) in [5.74, 6) is 0. The van der Waals surface area contributed by atoms with Crippen molar-refractivity contribution in [1.29, 1.82) is 0 Å². The molecule has 0 unspecified atom stereocenters. The molecule has 2 aromatic rings. The molecule has 0 spiro atoms. The Hall–Kier alpha value is -1.31. The predicted octanol–water partition coefficient (Wildman–Crippen LogP) is 1.63. The van der Waals surface area contributed by atoms with Crippen molar-refractivity contribution in [3.05, 3.63) is 30.5 Å². The maximum absolute atomic E-state index is 4.68. The van der Waals surface area contributed by atoms with Gasteiger partial charge in [0.1, 0.15) is 11.8 Å². The molecule has 0 aliphatic carbocycles. The van der Waals surface area contributed by atoms with Gasteiger partial charge < -0.3 is 4.52 Å². The monoisotopic (exact) mass is 118 g/mol. The number of hydrogen-bond acceptors (Lipinski definition) is 2. The third-order valence-electron chi connectivity index (χ3n) is 1.19. The molecular weight excluding hydrogens is 114 g/mol. The Morgan fingerprint density at radius 1 is 1.56 bits per heavy atom. The molecule has 0 bridgehead atoms. The van der Waals surface area contributed by atoms with Gasteiger partial charge in [-0.3, -0.25) is 0 Å². The van der Waals surface area contributed by atoms with Gasteiger partial charge in [-0.15, -0.1) is 0 Å². The minimum atomic E-state index is 0.859. The Kier molecular flexibility index (Phi) is 0.803. The zero-order valence-electron chi connectivity index (χ0n) is 4.66. The Balaban J connectivity index is 2.95. The highest BCUT2D eigenvalue weighted by Crippen LogP contribution is 2.08. The van der Waals surface area contributed by atoms with Gasteiger partial charge in [-0.25, -0.2) is 0 Å². The summed E-state index contributed by atoms with van der Waals surface area (Å²) >= 11 is 0. The lowest BCUT2D eigenvalue weighted by Gasteiger charge is -1.77. The van der Waals surface area contributed by atoms with Gasteiger partial charge in [-0.2, -0.15) is 0 Å². The third kappa shape index (κ3) is 0.598. The van der Waals surface area contributed by atoms with Crippen LogP contribution in [0.3, 0.4) is 0 Å². The molecule has 9 heavy (non-hydrogen) atoms. The molecule has 0 fully saturated rings. The molecular formula is C7H4NO. The van der Waals surface area contributed by atoms with Crippen molar-refractivity contribution in [2.24, 2.45) is 0 Å². The van der Waals surface area contributed by atoms with E-state index in [1.165, 1.54) is 0 Å². The molecule has 2 rings (SSSR count). The fourth-order valence-corrected chi connectivity index (χ4v) is 0.751. The fraction of sp³-hybridized carbons (Fsp3) is 0. The van der Waals surface area contributed by atoms with Crippen molar-refractivity contribution >= 4 is 10.9 Å². The van der Waals surface area contributed by atoms with E-state index in [0.29, 0.717) is 0 Å². The van der Waals surface area contributed by atoms with Crippen molar-refractivity contribution in [2.45, 2.75) is 0 Å². The van der Waals surface area contributed by atoms with Crippen LogP contribution in [-0.4, -0.2) is 5.16 Å². The summed E-state index contributed by atoms with van der Waals surface area (Å²) in [6.45, 7) is 0. The van der Waals surface area contributed by atoms with Crippen LogP contribution in [-0.2, 0) is 0 Å². The molecule has 1 heterocycles. The first-order chi connectivity index (χ1) is 4.47. The molecule has 2 heteroatoms. The molecule has 0 saturated heterocycles. The number of fused-ring (bicyclic) bond motifs is 1. The zero-order chi connectivity index (χ0) is 6.10. The number of hydrogen-bond donors (Lipinski definition) is 0. The van der Waals surface area contributed by atoms with Gasteiger partial charge in [-0.05, 0) is 12.1 Å². The molecule has 43 valence electrons. The first kappa shape index (κ1) is 4.56. The van der Waals surface area contributed by atoms with Crippen LogP contribution in [0, 0.1) is 6.07 Å². The standard InChI is InChI=1S/C7H4NO/c1-2-4-7-6(3-1)5-9-8-7/h1-2,4-5H. The second kappa shape index (κ2) is 1.58. The highest BCUT2D eigenvalue weighted by Gasteiger charge is 1.91. The molecule has 0 aliphatic heterocycles. The van der Waals surface area contributed by atoms with Crippen LogP contribution in [0.4, 0.5) is 0 Å². The highest BCUT2D eigenvalue weighted by atomic mass is 16.5. The van der Waals surface area contributed by atoms with Gasteiger partial charge in [0.2, 0.25) is 0 Å². The Morgan fingerprint density at radius 3 is 3.44 bits per heavy atom. The summed E-state index contributed by atoms with van der Waals surface area (Å²) in [5.41, 5.74) is 0.859. The second-order valence-corrected chi connectivity index (χ2v) is 1.78. The van der Waals surface area contributed by atoms with Crippen LogP contribution in [0.2, 0.25) is 0 Å². The maximum Gasteiger partial charge on any atom is 0.132 e. The SMILES string of the molecule is [c]1cccc2nocc12. The average Bonchev–Trinajstić information content (AvgIpc) is 2.33. The smallest absolute Gasteiger partial charge is 0.132 e. The van der Waals surface area contributed by atoms with E-state index < -0.39 is 0 Å². The quantitative estimate of drug-likeness (QED) is 0.525. The summed E-state index contributed by atoms with van der Waals surface area (Å²) in [4.78, 5) is 0. The lowest BCUT2D eigenvalue weighted by atomic mass is 10.3. The van der Waals surface area contributed by atoms with E-state index in [-0.39, 0.29) is 0 Å². The van der Waals surface area contributed by atoms with Gasteiger partial charge in [0.15, 0.2) is 0 Å². The molecule has 0 atom stereocenters. The Bertz CT molecular complexity index is 283. The summed E-state index contributed by atoms with van der Waals surface area (Å²) in [6, 6.07) is 8.57. The molecule has 1 radical (unpaired) electrons. The number of rotatable bonds is 0. The van der Waals surface area contributed by atoms with Crippen LogP contribution < -0.4 is 0 Å². The van der Waals surface area contributed by atoms with Crippen molar-refractivity contribution < 1.29 is 4.52 Å². The normalized spacial score (nSPS) is 10.2. The van der Waals surface area contributed by atoms with Crippen LogP contribution in [0.25, 0.3) is 10.9 Å². The van der Waals surface area contributed by atoms with Crippen LogP contribution >= 0.6 is 0 Å². The van der Waals surface area contributed by atoms with E-state index in [9.17, 15) is 0 Å². The van der Waals surface area contributed by atoms with Crippen LogP contribution in [0.5, 0.6) is 0 Å². The minimum absolute atomic E-state index is 0.859. The van der Waals surface area contributed by atoms with Gasteiger partial charge in [0, 0.05) is 5.39 Å². The predicted molar refractivity (Wildman–Crippen MR) is 32.8 cm³/mol. The van der Waals surface area contributed by atoms with E-state index >= 15 is 0 Å². The van der Waals surface area contributed by atoms with Crippen molar-refractivity contribution in [3.63, 3.8) is 0 Å². The van der Waals surface area contributed by atoms with E-state index in [4.69, 9.17) is 0 Å². The Morgan fingerprint density at radius 2 is 2.56 bits per heavy atom. The summed E-state index contributed by atoms with van der Waals surface area (Å²) in [5, 5.41) is 4.64. The average molecular weight is 118 g/mol. The first-order valence-electron chi connectivity index (χ1n) is 2.67. The van der Waals surface area contributed by atoms with E-state index in [1.807, 2.05) is 18.2 Å². The lowest BCUT2D eigenvalue weighted by Crippen LogP contribution is -1.62. The molecule has 0 saturated carbocycles. The molecule has 0 amide bonds. The second-order valence-electron chi connectivity index (χ2n) is 1.78. The van der Waals surface area contributed by atoms with Gasteiger partial charge in [0.25, 0.3) is 0 Å². The number of nitrogens with zero attached hydrogens (tertiary/aromatic N) is 1. The van der Waals surface area contributed by atoms with Crippen LogP contribution in [0.15, 0.2) is 29.0 Å². The van der Waals surface area contributed by atoms with Gasteiger partial charge in [-0.1, -0.05) is 17.3 Å². The van der Waals surface area contributed by atoms with Crippen molar-refractivity contribution in [1.82, 2.24) is 5.16 Å². The van der Waals surface area contributed by atoms with E-state index in [0.717, 1.165) is 10.9 Å². The third-order valence-corrected chi connectivity index (χ3v) is 1.19. The molecule has 1 aromatic carbocycles. The van der Waals surface area contributed by atoms with E-state index in [2.05, 4.69) is 15.7 Å². The van der Waals surface area contributed by atoms with Crippen LogP contribution in [0.1, 0.15) is 0 Å². The largest absolute Gasteiger partial charge is 0.363 e. The molecule has 0 aliphatic rings. The lowest BCUT2D eigenvalue weighted by molar-refractivity contribution is 0.428. The topological polar surface area (TPSA) is 26.0 Å². The zero-order valence-corrected chi connectivity index (χ0v) is 4.66. The number of benzene rings is 1. The summed E-state index contributed by atoms with van der Waals surface area (Å²) in [6.07, 6.45) is 1.58. The van der Waals surface area contributed by atoms with Crippen molar-refractivity contribution in [3.8, 4) is 0 Å². The first-order valence-corrected chi connectivity index (χ1v) is 2.67. The maximum atomic E-state index is 4.68. The summed E-state index contributed by atoms with van der Waals surface area (Å²) in [7, 11) is 0. The van der Waals surface area contributed by atoms with Gasteiger partial charge >= 0.3 is 0 Å². The molecule has 0 N–H and O–H groups in total. The Labute approximate surface area is 52.1 Å². The molecule has 2 nitrogen and oxygen atoms in total. The fourth-order valence-electron chi connectivity index (χ4n) is 0.751. The highest BCUT2D eigenvalue weighted by molar-refractivity contribution is 5.75. The minimum Gasteiger partial charge on any atom is -0.363 e. The van der Waals surface area contributed by atoms with E-state index in [1.54, 1.807) is 6.26 Å². The molecule has 1 aromatic heterocycles. The van der Waals surface area contributed by atoms with Crippen molar-refractivity contribution in [2.75, 3.05) is 0 Å². The van der Waals surface area contributed by atoms with Gasteiger partial charge in [0.05, 0.1) is 0 Å².